The topological polar surface area (TPSA) is 24.5 Å². The Morgan fingerprint density at radius 3 is 2.75 bits per heavy atom. The number of nitrogens with one attached hydrogen (secondary N) is 1. The predicted octanol–water partition coefficient (Wildman–Crippen LogP) is 1.38. The molecule has 0 saturated carbocycles. The van der Waals surface area contributed by atoms with Gasteiger partial charge in [0.1, 0.15) is 0 Å². The second-order valence-corrected chi connectivity index (χ2v) is 5.57. The predicted molar refractivity (Wildman–Crippen MR) is 64.6 cm³/mol. The van der Waals surface area contributed by atoms with E-state index >= 15 is 0 Å². The van der Waals surface area contributed by atoms with Crippen LogP contribution in [0.5, 0.6) is 0 Å². The molecule has 3 saturated heterocycles. The minimum absolute atomic E-state index is 0.539. The molecule has 3 nitrogen and oxygen atoms in total. The second-order valence-electron chi connectivity index (χ2n) is 5.57. The maximum Gasteiger partial charge on any atom is 0.0733 e. The van der Waals surface area contributed by atoms with Crippen LogP contribution >= 0.6 is 0 Å². The summed E-state index contributed by atoms with van der Waals surface area (Å²) in [6.07, 6.45) is 9.09. The molecule has 3 rings (SSSR count). The Balaban J connectivity index is 1.29. The van der Waals surface area contributed by atoms with Gasteiger partial charge in [0.05, 0.1) is 12.2 Å². The highest BCUT2D eigenvalue weighted by Gasteiger charge is 2.40. The number of hydrogen-bond donors (Lipinski definition) is 1. The van der Waals surface area contributed by atoms with Gasteiger partial charge in [-0.2, -0.15) is 0 Å². The Bertz CT molecular complexity index is 228. The Labute approximate surface area is 98.5 Å². The molecule has 3 aliphatic rings. The van der Waals surface area contributed by atoms with E-state index in [4.69, 9.17) is 4.74 Å². The van der Waals surface area contributed by atoms with Crippen molar-refractivity contribution in [3.63, 3.8) is 0 Å². The van der Waals surface area contributed by atoms with E-state index < -0.39 is 0 Å². The maximum atomic E-state index is 5.84. The summed E-state index contributed by atoms with van der Waals surface area (Å²) in [6, 6.07) is 0.664. The van der Waals surface area contributed by atoms with E-state index in [0.29, 0.717) is 18.2 Å². The van der Waals surface area contributed by atoms with Crippen LogP contribution in [-0.2, 0) is 4.74 Å². The molecule has 0 aromatic carbocycles. The number of nitrogens with zero attached hydrogens (tertiary/aromatic N) is 1. The quantitative estimate of drug-likeness (QED) is 0.714. The summed E-state index contributed by atoms with van der Waals surface area (Å²) < 4.78 is 5.84. The van der Waals surface area contributed by atoms with Gasteiger partial charge in [0.25, 0.3) is 0 Å². The molecule has 0 aromatic heterocycles. The SMILES string of the molecule is C1CCN(CCCNC2CC3CCC2O3)C1. The maximum absolute atomic E-state index is 5.84. The standard InChI is InChI=1S/C13H24N2O/c1-2-8-15(7-1)9-3-6-14-12-10-11-4-5-13(12)16-11/h11-14H,1-10H2. The number of ether oxygens (including phenoxy) is 1. The van der Waals surface area contributed by atoms with Crippen LogP contribution in [0.4, 0.5) is 0 Å². The van der Waals surface area contributed by atoms with Crippen LogP contribution in [-0.4, -0.2) is 49.3 Å². The van der Waals surface area contributed by atoms with Gasteiger partial charge in [-0.15, -0.1) is 0 Å². The minimum Gasteiger partial charge on any atom is -0.373 e. The molecule has 16 heavy (non-hydrogen) atoms. The number of rotatable bonds is 5. The Hall–Kier alpha value is -0.120. The smallest absolute Gasteiger partial charge is 0.0733 e. The van der Waals surface area contributed by atoms with Crippen LogP contribution in [0.15, 0.2) is 0 Å². The number of hydrogen-bond acceptors (Lipinski definition) is 3. The lowest BCUT2D eigenvalue weighted by atomic mass is 9.95. The Morgan fingerprint density at radius 1 is 1.19 bits per heavy atom. The molecule has 3 fully saturated rings. The average molecular weight is 224 g/mol. The Morgan fingerprint density at radius 2 is 2.06 bits per heavy atom. The van der Waals surface area contributed by atoms with Crippen molar-refractivity contribution in [3.8, 4) is 0 Å². The molecule has 2 bridgehead atoms. The third-order valence-corrected chi connectivity index (χ3v) is 4.36. The Kier molecular flexibility index (Phi) is 3.46. The lowest BCUT2D eigenvalue weighted by molar-refractivity contribution is 0.0973. The van der Waals surface area contributed by atoms with E-state index in [1.165, 1.54) is 64.7 Å². The molecule has 0 amide bonds. The molecule has 3 atom stereocenters. The molecule has 3 aliphatic heterocycles. The molecular formula is C13H24N2O. The van der Waals surface area contributed by atoms with Gasteiger partial charge in [-0.25, -0.2) is 0 Å². The molecule has 0 aliphatic carbocycles. The second kappa shape index (κ2) is 5.03. The van der Waals surface area contributed by atoms with E-state index in [9.17, 15) is 0 Å². The largest absolute Gasteiger partial charge is 0.373 e. The normalized spacial score (nSPS) is 38.6. The van der Waals surface area contributed by atoms with Gasteiger partial charge < -0.3 is 15.0 Å². The molecular weight excluding hydrogens is 200 g/mol. The molecule has 3 heterocycles. The lowest BCUT2D eigenvalue weighted by Crippen LogP contribution is -2.38. The molecule has 92 valence electrons. The van der Waals surface area contributed by atoms with E-state index in [1.54, 1.807) is 0 Å². The first kappa shape index (κ1) is 11.0. The molecule has 0 radical (unpaired) electrons. The van der Waals surface area contributed by atoms with Crippen molar-refractivity contribution < 1.29 is 4.74 Å². The van der Waals surface area contributed by atoms with Crippen LogP contribution in [0, 0.1) is 0 Å². The van der Waals surface area contributed by atoms with Gasteiger partial charge >= 0.3 is 0 Å². The average Bonchev–Trinajstić information content (AvgIpc) is 3.01. The van der Waals surface area contributed by atoms with Crippen molar-refractivity contribution in [2.45, 2.75) is 56.8 Å². The fourth-order valence-electron chi connectivity index (χ4n) is 3.45. The first-order chi connectivity index (χ1) is 7.92. The van der Waals surface area contributed by atoms with Gasteiger partial charge in [-0.05, 0) is 64.7 Å². The fourth-order valence-corrected chi connectivity index (χ4v) is 3.45. The summed E-state index contributed by atoms with van der Waals surface area (Å²) in [5.41, 5.74) is 0. The van der Waals surface area contributed by atoms with Crippen molar-refractivity contribution in [1.29, 1.82) is 0 Å². The minimum atomic E-state index is 0.539. The van der Waals surface area contributed by atoms with Gasteiger partial charge in [0.15, 0.2) is 0 Å². The molecule has 0 aromatic rings. The molecule has 0 spiro atoms. The van der Waals surface area contributed by atoms with Crippen LogP contribution in [0.3, 0.4) is 0 Å². The van der Waals surface area contributed by atoms with Crippen LogP contribution < -0.4 is 5.32 Å². The van der Waals surface area contributed by atoms with Crippen molar-refractivity contribution in [2.75, 3.05) is 26.2 Å². The summed E-state index contributed by atoms with van der Waals surface area (Å²) in [4.78, 5) is 2.60. The van der Waals surface area contributed by atoms with Crippen LogP contribution in [0.2, 0.25) is 0 Å². The molecule has 3 unspecified atom stereocenters. The first-order valence-electron chi connectivity index (χ1n) is 7.03. The fraction of sp³-hybridized carbons (Fsp3) is 1.00. The van der Waals surface area contributed by atoms with Crippen molar-refractivity contribution >= 4 is 0 Å². The van der Waals surface area contributed by atoms with E-state index in [2.05, 4.69) is 10.2 Å². The summed E-state index contributed by atoms with van der Waals surface area (Å²) in [5, 5.41) is 3.69. The summed E-state index contributed by atoms with van der Waals surface area (Å²) >= 11 is 0. The number of likely N-dealkylation sites (tertiary alicyclic amines) is 1. The van der Waals surface area contributed by atoms with Gasteiger partial charge in [-0.1, -0.05) is 0 Å². The van der Waals surface area contributed by atoms with Gasteiger partial charge in [-0.3, -0.25) is 0 Å². The summed E-state index contributed by atoms with van der Waals surface area (Å²) in [7, 11) is 0. The van der Waals surface area contributed by atoms with Crippen LogP contribution in [0.25, 0.3) is 0 Å². The zero-order chi connectivity index (χ0) is 10.8. The van der Waals surface area contributed by atoms with Gasteiger partial charge in [0, 0.05) is 6.04 Å². The zero-order valence-electron chi connectivity index (χ0n) is 10.2. The molecule has 1 N–H and O–H groups in total. The highest BCUT2D eigenvalue weighted by Crippen LogP contribution is 2.34. The highest BCUT2D eigenvalue weighted by molar-refractivity contribution is 4.93. The van der Waals surface area contributed by atoms with E-state index in [1.807, 2.05) is 0 Å². The third kappa shape index (κ3) is 2.41. The van der Waals surface area contributed by atoms with Crippen molar-refractivity contribution in [1.82, 2.24) is 10.2 Å². The monoisotopic (exact) mass is 224 g/mol. The highest BCUT2D eigenvalue weighted by atomic mass is 16.5. The molecule has 3 heteroatoms. The van der Waals surface area contributed by atoms with E-state index in [0.717, 1.165) is 0 Å². The van der Waals surface area contributed by atoms with Crippen molar-refractivity contribution in [3.05, 3.63) is 0 Å². The third-order valence-electron chi connectivity index (χ3n) is 4.36. The number of fused-ring (bicyclic) bond motifs is 2. The van der Waals surface area contributed by atoms with Crippen molar-refractivity contribution in [2.24, 2.45) is 0 Å². The summed E-state index contributed by atoms with van der Waals surface area (Å²) in [5.74, 6) is 0. The summed E-state index contributed by atoms with van der Waals surface area (Å²) in [6.45, 7) is 5.12. The van der Waals surface area contributed by atoms with E-state index in [-0.39, 0.29) is 0 Å². The van der Waals surface area contributed by atoms with Crippen LogP contribution in [0.1, 0.15) is 38.5 Å². The lowest BCUT2D eigenvalue weighted by Gasteiger charge is -2.21. The zero-order valence-corrected chi connectivity index (χ0v) is 10.2. The first-order valence-corrected chi connectivity index (χ1v) is 7.03. The van der Waals surface area contributed by atoms with Gasteiger partial charge in [0.2, 0.25) is 0 Å².